The molecule has 3 heterocycles. The SMILES string of the molecule is Cc1cnc(N)c2nc(C)n(CCCSc3ncccn3)c12. The number of fused-ring (bicyclic) bond motifs is 1. The lowest BCUT2D eigenvalue weighted by atomic mass is 10.2. The van der Waals surface area contributed by atoms with Gasteiger partial charge in [-0.25, -0.2) is 19.9 Å². The van der Waals surface area contributed by atoms with Crippen LogP contribution in [-0.4, -0.2) is 30.3 Å². The van der Waals surface area contributed by atoms with Crippen molar-refractivity contribution in [3.63, 3.8) is 0 Å². The Kier molecular flexibility index (Phi) is 4.24. The number of pyridine rings is 1. The summed E-state index contributed by atoms with van der Waals surface area (Å²) in [6, 6.07) is 1.83. The van der Waals surface area contributed by atoms with E-state index in [9.17, 15) is 0 Å². The summed E-state index contributed by atoms with van der Waals surface area (Å²) in [5.41, 5.74) is 8.92. The van der Waals surface area contributed by atoms with Crippen molar-refractivity contribution in [1.82, 2.24) is 24.5 Å². The Hall–Kier alpha value is -2.15. The van der Waals surface area contributed by atoms with Gasteiger partial charge in [-0.15, -0.1) is 0 Å². The number of hydrogen-bond donors (Lipinski definition) is 1. The van der Waals surface area contributed by atoms with Gasteiger partial charge < -0.3 is 10.3 Å². The molecule has 0 fully saturated rings. The van der Waals surface area contributed by atoms with Crippen LogP contribution in [0.3, 0.4) is 0 Å². The van der Waals surface area contributed by atoms with E-state index in [1.807, 2.05) is 26.1 Å². The van der Waals surface area contributed by atoms with Gasteiger partial charge in [-0.2, -0.15) is 0 Å². The van der Waals surface area contributed by atoms with Crippen LogP contribution in [0.4, 0.5) is 5.82 Å². The van der Waals surface area contributed by atoms with Crippen molar-refractivity contribution in [2.75, 3.05) is 11.5 Å². The van der Waals surface area contributed by atoms with E-state index in [0.29, 0.717) is 5.82 Å². The van der Waals surface area contributed by atoms with Gasteiger partial charge in [0.25, 0.3) is 0 Å². The van der Waals surface area contributed by atoms with Gasteiger partial charge in [0.2, 0.25) is 0 Å². The Labute approximate surface area is 133 Å². The molecule has 3 rings (SSSR count). The summed E-state index contributed by atoms with van der Waals surface area (Å²) in [6.07, 6.45) is 6.35. The molecule has 2 N–H and O–H groups in total. The van der Waals surface area contributed by atoms with E-state index < -0.39 is 0 Å². The fraction of sp³-hybridized carbons (Fsp3) is 0.333. The van der Waals surface area contributed by atoms with Crippen molar-refractivity contribution < 1.29 is 0 Å². The van der Waals surface area contributed by atoms with Crippen LogP contribution >= 0.6 is 11.8 Å². The van der Waals surface area contributed by atoms with E-state index in [0.717, 1.165) is 46.3 Å². The van der Waals surface area contributed by atoms with Gasteiger partial charge >= 0.3 is 0 Å². The zero-order valence-electron chi connectivity index (χ0n) is 12.7. The second-order valence-electron chi connectivity index (χ2n) is 5.07. The number of anilines is 1. The lowest BCUT2D eigenvalue weighted by molar-refractivity contribution is 0.679. The lowest BCUT2D eigenvalue weighted by Crippen LogP contribution is -2.03. The molecule has 114 valence electrons. The minimum atomic E-state index is 0.495. The average Bonchev–Trinajstić information content (AvgIpc) is 2.87. The maximum atomic E-state index is 5.93. The number of thioether (sulfide) groups is 1. The molecule has 0 bridgehead atoms. The lowest BCUT2D eigenvalue weighted by Gasteiger charge is -2.08. The minimum Gasteiger partial charge on any atom is -0.382 e. The number of imidazole rings is 1. The molecule has 0 unspecified atom stereocenters. The largest absolute Gasteiger partial charge is 0.382 e. The first-order chi connectivity index (χ1) is 10.7. The van der Waals surface area contributed by atoms with Crippen molar-refractivity contribution in [2.24, 2.45) is 0 Å². The fourth-order valence-electron chi connectivity index (χ4n) is 2.45. The van der Waals surface area contributed by atoms with Crippen LogP contribution in [0.25, 0.3) is 11.0 Å². The zero-order chi connectivity index (χ0) is 15.5. The highest BCUT2D eigenvalue weighted by Gasteiger charge is 2.12. The van der Waals surface area contributed by atoms with Crippen molar-refractivity contribution in [3.05, 3.63) is 36.0 Å². The first-order valence-electron chi connectivity index (χ1n) is 7.14. The van der Waals surface area contributed by atoms with E-state index in [-0.39, 0.29) is 0 Å². The fourth-order valence-corrected chi connectivity index (χ4v) is 3.18. The van der Waals surface area contributed by atoms with Crippen LogP contribution in [0.1, 0.15) is 17.8 Å². The van der Waals surface area contributed by atoms with Crippen LogP contribution in [0.15, 0.2) is 29.8 Å². The Balaban J connectivity index is 1.72. The van der Waals surface area contributed by atoms with Gasteiger partial charge in [-0.1, -0.05) is 11.8 Å². The number of rotatable bonds is 5. The zero-order valence-corrected chi connectivity index (χ0v) is 13.5. The molecule has 3 aromatic rings. The Morgan fingerprint density at radius 2 is 1.95 bits per heavy atom. The van der Waals surface area contributed by atoms with E-state index in [2.05, 4.69) is 24.5 Å². The molecular formula is C15H18N6S. The second kappa shape index (κ2) is 6.31. The number of nitrogen functional groups attached to an aromatic ring is 1. The summed E-state index contributed by atoms with van der Waals surface area (Å²) < 4.78 is 2.22. The van der Waals surface area contributed by atoms with Gasteiger partial charge in [-0.3, -0.25) is 0 Å². The van der Waals surface area contributed by atoms with Crippen molar-refractivity contribution in [1.29, 1.82) is 0 Å². The Morgan fingerprint density at radius 3 is 2.73 bits per heavy atom. The predicted molar refractivity (Wildman–Crippen MR) is 88.8 cm³/mol. The highest BCUT2D eigenvalue weighted by Crippen LogP contribution is 2.24. The second-order valence-corrected chi connectivity index (χ2v) is 6.13. The molecule has 3 aromatic heterocycles. The molecule has 0 aliphatic rings. The Bertz CT molecular complexity index is 784. The summed E-state index contributed by atoms with van der Waals surface area (Å²) in [5.74, 6) is 2.43. The van der Waals surface area contributed by atoms with Crippen molar-refractivity contribution >= 4 is 28.6 Å². The molecule has 6 nitrogen and oxygen atoms in total. The van der Waals surface area contributed by atoms with Gasteiger partial charge in [0, 0.05) is 30.9 Å². The summed E-state index contributed by atoms with van der Waals surface area (Å²) >= 11 is 1.67. The number of hydrogen-bond acceptors (Lipinski definition) is 6. The maximum absolute atomic E-state index is 5.93. The highest BCUT2D eigenvalue weighted by atomic mass is 32.2. The van der Waals surface area contributed by atoms with E-state index in [1.54, 1.807) is 24.2 Å². The number of nitrogens with two attached hydrogens (primary N) is 1. The maximum Gasteiger partial charge on any atom is 0.187 e. The molecule has 0 aliphatic heterocycles. The molecule has 0 saturated heterocycles. The third-order valence-electron chi connectivity index (χ3n) is 3.47. The van der Waals surface area contributed by atoms with E-state index >= 15 is 0 Å². The van der Waals surface area contributed by atoms with E-state index in [1.165, 1.54) is 0 Å². The summed E-state index contributed by atoms with van der Waals surface area (Å²) in [4.78, 5) is 17.2. The normalized spacial score (nSPS) is 11.2. The quantitative estimate of drug-likeness (QED) is 0.443. The van der Waals surface area contributed by atoms with Crippen molar-refractivity contribution in [3.8, 4) is 0 Å². The van der Waals surface area contributed by atoms with Gasteiger partial charge in [0.05, 0.1) is 5.52 Å². The monoisotopic (exact) mass is 314 g/mol. The predicted octanol–water partition coefficient (Wildman–Crippen LogP) is 2.60. The Morgan fingerprint density at radius 1 is 1.18 bits per heavy atom. The van der Waals surface area contributed by atoms with Gasteiger partial charge in [-0.05, 0) is 31.9 Å². The number of aromatic nitrogens is 5. The first-order valence-corrected chi connectivity index (χ1v) is 8.13. The molecule has 0 saturated carbocycles. The molecule has 22 heavy (non-hydrogen) atoms. The summed E-state index contributed by atoms with van der Waals surface area (Å²) in [7, 11) is 0. The molecule has 0 radical (unpaired) electrons. The van der Waals surface area contributed by atoms with E-state index in [4.69, 9.17) is 5.73 Å². The summed E-state index contributed by atoms with van der Waals surface area (Å²) in [5, 5.41) is 0.819. The van der Waals surface area contributed by atoms with Gasteiger partial charge in [0.1, 0.15) is 11.3 Å². The number of aryl methyl sites for hydroxylation is 3. The average molecular weight is 314 g/mol. The summed E-state index contributed by atoms with van der Waals surface area (Å²) in [6.45, 7) is 4.94. The smallest absolute Gasteiger partial charge is 0.187 e. The van der Waals surface area contributed by atoms with Crippen LogP contribution in [-0.2, 0) is 6.54 Å². The van der Waals surface area contributed by atoms with Crippen LogP contribution in [0.5, 0.6) is 0 Å². The molecule has 0 aliphatic carbocycles. The third kappa shape index (κ3) is 2.89. The molecular weight excluding hydrogens is 296 g/mol. The van der Waals surface area contributed by atoms with Gasteiger partial charge in [0.15, 0.2) is 11.0 Å². The van der Waals surface area contributed by atoms with Crippen LogP contribution < -0.4 is 5.73 Å². The van der Waals surface area contributed by atoms with Crippen LogP contribution in [0, 0.1) is 13.8 Å². The standard InChI is InChI=1S/C15H18N6S/c1-10-9-19-14(16)12-13(10)21(11(2)20-12)7-4-8-22-15-17-5-3-6-18-15/h3,5-6,9H,4,7-8H2,1-2H3,(H2,16,19). The molecule has 0 aromatic carbocycles. The molecule has 0 spiro atoms. The first kappa shape index (κ1) is 14.8. The minimum absolute atomic E-state index is 0.495. The topological polar surface area (TPSA) is 82.5 Å². The van der Waals surface area contributed by atoms with Crippen molar-refractivity contribution in [2.45, 2.75) is 32.0 Å². The molecule has 0 atom stereocenters. The highest BCUT2D eigenvalue weighted by molar-refractivity contribution is 7.99. The third-order valence-corrected chi connectivity index (χ3v) is 4.43. The molecule has 0 amide bonds. The molecule has 7 heteroatoms. The van der Waals surface area contributed by atoms with Crippen LogP contribution in [0.2, 0.25) is 0 Å². The number of nitrogens with zero attached hydrogens (tertiary/aromatic N) is 5.